The van der Waals surface area contributed by atoms with Crippen molar-refractivity contribution in [3.63, 3.8) is 0 Å². The fourth-order valence-electron chi connectivity index (χ4n) is 3.31. The van der Waals surface area contributed by atoms with Crippen molar-refractivity contribution in [2.45, 2.75) is 16.4 Å². The third-order valence-corrected chi connectivity index (χ3v) is 5.44. The molecule has 3 fully saturated rings. The van der Waals surface area contributed by atoms with Crippen molar-refractivity contribution >= 4 is 34.5 Å². The van der Waals surface area contributed by atoms with Crippen LogP contribution in [0.3, 0.4) is 0 Å². The lowest BCUT2D eigenvalue weighted by molar-refractivity contribution is -0.151. The third kappa shape index (κ3) is 0.844. The Labute approximate surface area is 94.1 Å². The van der Waals surface area contributed by atoms with Crippen LogP contribution >= 0.6 is 22.6 Å². The molecule has 0 aromatic heterocycles. The highest BCUT2D eigenvalue weighted by Crippen LogP contribution is 2.59. The number of ether oxygens (including phenoxy) is 1. The van der Waals surface area contributed by atoms with Gasteiger partial charge in [-0.25, -0.2) is 0 Å². The largest absolute Gasteiger partial charge is 0.481 e. The van der Waals surface area contributed by atoms with Gasteiger partial charge in [-0.2, -0.15) is 0 Å². The molecule has 5 heteroatoms. The molecule has 3 aliphatic rings. The molecule has 4 nitrogen and oxygen atoms in total. The first kappa shape index (κ1) is 8.94. The molecule has 1 aliphatic heterocycles. The minimum absolute atomic E-state index is 0.00583. The summed E-state index contributed by atoms with van der Waals surface area (Å²) in [6, 6.07) is 0. The Balaban J connectivity index is 2.04. The van der Waals surface area contributed by atoms with Crippen LogP contribution in [-0.2, 0) is 14.3 Å². The Bertz CT molecular complexity index is 329. The molecule has 0 spiro atoms. The van der Waals surface area contributed by atoms with E-state index in [1.807, 2.05) is 0 Å². The molecule has 0 radical (unpaired) electrons. The summed E-state index contributed by atoms with van der Waals surface area (Å²) in [5.74, 6) is -1.65. The second kappa shape index (κ2) is 2.62. The molecule has 1 N–H and O–H groups in total. The van der Waals surface area contributed by atoms with Gasteiger partial charge in [-0.1, -0.05) is 22.6 Å². The summed E-state index contributed by atoms with van der Waals surface area (Å²) in [5.41, 5.74) is 0. The number of aliphatic carboxylic acids is 1. The number of esters is 1. The van der Waals surface area contributed by atoms with E-state index in [0.717, 1.165) is 6.42 Å². The number of hydrogen-bond acceptors (Lipinski definition) is 3. The molecule has 0 aromatic carbocycles. The highest BCUT2D eigenvalue weighted by Gasteiger charge is 2.67. The van der Waals surface area contributed by atoms with Crippen LogP contribution in [0.1, 0.15) is 6.42 Å². The van der Waals surface area contributed by atoms with E-state index in [1.165, 1.54) is 0 Å². The van der Waals surface area contributed by atoms with Crippen LogP contribution in [0.4, 0.5) is 0 Å². The summed E-state index contributed by atoms with van der Waals surface area (Å²) in [4.78, 5) is 22.5. The van der Waals surface area contributed by atoms with Crippen molar-refractivity contribution in [1.82, 2.24) is 0 Å². The zero-order chi connectivity index (χ0) is 10.0. The van der Waals surface area contributed by atoms with E-state index in [4.69, 9.17) is 9.84 Å². The summed E-state index contributed by atoms with van der Waals surface area (Å²) < 4.78 is 5.42. The van der Waals surface area contributed by atoms with E-state index >= 15 is 0 Å². The first-order valence-corrected chi connectivity index (χ1v) is 5.93. The van der Waals surface area contributed by atoms with Crippen molar-refractivity contribution in [1.29, 1.82) is 0 Å². The van der Waals surface area contributed by atoms with Gasteiger partial charge in [0.15, 0.2) is 0 Å². The Morgan fingerprint density at radius 2 is 2.21 bits per heavy atom. The van der Waals surface area contributed by atoms with E-state index in [1.54, 1.807) is 0 Å². The average Bonchev–Trinajstić information content (AvgIpc) is 2.67. The third-order valence-electron chi connectivity index (χ3n) is 3.81. The average molecular weight is 308 g/mol. The summed E-state index contributed by atoms with van der Waals surface area (Å²) >= 11 is 2.23. The predicted molar refractivity (Wildman–Crippen MR) is 53.9 cm³/mol. The Kier molecular flexibility index (Phi) is 1.67. The monoisotopic (exact) mass is 308 g/mol. The number of fused-ring (bicyclic) bond motifs is 1. The maximum absolute atomic E-state index is 11.5. The molecule has 3 rings (SSSR count). The lowest BCUT2D eigenvalue weighted by Crippen LogP contribution is -2.37. The normalized spacial score (nSPS) is 53.6. The molecule has 76 valence electrons. The Hall–Kier alpha value is -0.330. The predicted octanol–water partition coefficient (Wildman–Crippen LogP) is 0.682. The lowest BCUT2D eigenvalue weighted by atomic mass is 9.80. The van der Waals surface area contributed by atoms with Gasteiger partial charge in [-0.15, -0.1) is 0 Å². The molecule has 0 amide bonds. The molecule has 1 heterocycles. The van der Waals surface area contributed by atoms with Gasteiger partial charge >= 0.3 is 11.9 Å². The summed E-state index contributed by atoms with van der Waals surface area (Å²) in [6.07, 6.45) is 0.847. The topological polar surface area (TPSA) is 63.6 Å². The molecule has 2 bridgehead atoms. The van der Waals surface area contributed by atoms with Crippen molar-refractivity contribution in [3.8, 4) is 0 Å². The van der Waals surface area contributed by atoms with E-state index < -0.39 is 11.9 Å². The van der Waals surface area contributed by atoms with Crippen LogP contribution in [0.2, 0.25) is 0 Å². The van der Waals surface area contributed by atoms with Crippen LogP contribution in [0.5, 0.6) is 0 Å². The maximum Gasteiger partial charge on any atom is 0.310 e. The molecule has 14 heavy (non-hydrogen) atoms. The van der Waals surface area contributed by atoms with E-state index in [-0.39, 0.29) is 33.8 Å². The van der Waals surface area contributed by atoms with Crippen molar-refractivity contribution in [2.24, 2.45) is 23.7 Å². The zero-order valence-electron chi connectivity index (χ0n) is 7.22. The molecule has 2 saturated carbocycles. The molecule has 2 aliphatic carbocycles. The van der Waals surface area contributed by atoms with Crippen molar-refractivity contribution in [3.05, 3.63) is 0 Å². The summed E-state index contributed by atoms with van der Waals surface area (Å²) in [5, 5.41) is 9.08. The molecule has 1 saturated heterocycles. The van der Waals surface area contributed by atoms with Crippen molar-refractivity contribution < 1.29 is 19.4 Å². The number of carboxylic acids is 1. The summed E-state index contributed by atoms with van der Waals surface area (Å²) in [7, 11) is 0. The zero-order valence-corrected chi connectivity index (χ0v) is 9.38. The molecule has 6 atom stereocenters. The second-order valence-electron chi connectivity index (χ2n) is 4.30. The minimum atomic E-state index is -0.832. The number of halogens is 1. The second-order valence-corrected chi connectivity index (χ2v) is 5.74. The van der Waals surface area contributed by atoms with Gasteiger partial charge in [0.05, 0.1) is 15.8 Å². The van der Waals surface area contributed by atoms with Gasteiger partial charge in [0, 0.05) is 5.92 Å². The fourth-order valence-corrected chi connectivity index (χ4v) is 4.73. The van der Waals surface area contributed by atoms with Gasteiger partial charge in [0.2, 0.25) is 0 Å². The number of rotatable bonds is 1. The van der Waals surface area contributed by atoms with Crippen LogP contribution < -0.4 is 0 Å². The number of carbonyl (C=O) groups is 2. The van der Waals surface area contributed by atoms with Gasteiger partial charge in [0.1, 0.15) is 6.10 Å². The van der Waals surface area contributed by atoms with Crippen molar-refractivity contribution in [2.75, 3.05) is 0 Å². The number of carbonyl (C=O) groups excluding carboxylic acids is 1. The van der Waals surface area contributed by atoms with Gasteiger partial charge in [-0.05, 0) is 12.3 Å². The minimum Gasteiger partial charge on any atom is -0.481 e. The van der Waals surface area contributed by atoms with Gasteiger partial charge in [-0.3, -0.25) is 9.59 Å². The number of carboxylic acid groups (broad SMARTS) is 1. The van der Waals surface area contributed by atoms with Crippen LogP contribution in [0.15, 0.2) is 0 Å². The highest BCUT2D eigenvalue weighted by atomic mass is 127. The SMILES string of the molecule is O=C(O)[C@@H]1[C@H]2C[C@H]3[C@@H](OC(=O)[C@H]31)[C@H]2I. The quantitative estimate of drug-likeness (QED) is 0.440. The number of hydrogen-bond donors (Lipinski definition) is 1. The molecule has 0 aromatic rings. The molecule has 0 unspecified atom stereocenters. The van der Waals surface area contributed by atoms with E-state index in [9.17, 15) is 9.59 Å². The molecular formula is C9H9IO4. The summed E-state index contributed by atoms with van der Waals surface area (Å²) in [6.45, 7) is 0. The Morgan fingerprint density at radius 3 is 2.86 bits per heavy atom. The van der Waals surface area contributed by atoms with Gasteiger partial charge < -0.3 is 9.84 Å². The van der Waals surface area contributed by atoms with Crippen LogP contribution in [-0.4, -0.2) is 27.1 Å². The van der Waals surface area contributed by atoms with E-state index in [0.29, 0.717) is 0 Å². The fraction of sp³-hybridized carbons (Fsp3) is 0.778. The Morgan fingerprint density at radius 1 is 1.50 bits per heavy atom. The van der Waals surface area contributed by atoms with Gasteiger partial charge in [0.25, 0.3) is 0 Å². The highest BCUT2D eigenvalue weighted by molar-refractivity contribution is 14.1. The van der Waals surface area contributed by atoms with Crippen LogP contribution in [0.25, 0.3) is 0 Å². The first-order chi connectivity index (χ1) is 6.61. The smallest absolute Gasteiger partial charge is 0.310 e. The first-order valence-electron chi connectivity index (χ1n) is 4.68. The number of alkyl halides is 1. The maximum atomic E-state index is 11.5. The van der Waals surface area contributed by atoms with E-state index in [2.05, 4.69) is 22.6 Å². The standard InChI is InChI=1S/C9H9IO4/c10-6-2-1-3-5(4(2)8(11)12)9(13)14-7(3)6/h2-7H,1H2,(H,11,12)/t2-,3-,4-,5-,6+,7-/m1/s1. The van der Waals surface area contributed by atoms with Crippen LogP contribution in [0, 0.1) is 23.7 Å². The lowest BCUT2D eigenvalue weighted by Gasteiger charge is -2.25. The molecular weight excluding hydrogens is 299 g/mol.